The SMILES string of the molecule is CCCNC(CC)C(C)c1nc(C2(C)CC2)no1. The van der Waals surface area contributed by atoms with Crippen molar-refractivity contribution in [2.45, 2.75) is 70.8 Å². The van der Waals surface area contributed by atoms with Crippen LogP contribution in [-0.4, -0.2) is 22.7 Å². The first-order valence-electron chi connectivity index (χ1n) is 7.18. The van der Waals surface area contributed by atoms with Crippen LogP contribution in [0.5, 0.6) is 0 Å². The lowest BCUT2D eigenvalue weighted by molar-refractivity contribution is 0.316. The Morgan fingerprint density at radius 1 is 1.39 bits per heavy atom. The number of rotatable bonds is 7. The second-order valence-corrected chi connectivity index (χ2v) is 5.77. The van der Waals surface area contributed by atoms with Crippen LogP contribution >= 0.6 is 0 Å². The van der Waals surface area contributed by atoms with Crippen LogP contribution in [0.15, 0.2) is 4.52 Å². The van der Waals surface area contributed by atoms with Gasteiger partial charge in [0.1, 0.15) is 0 Å². The average Bonchev–Trinajstić information content (AvgIpc) is 2.95. The molecule has 2 rings (SSSR count). The summed E-state index contributed by atoms with van der Waals surface area (Å²) < 4.78 is 5.45. The minimum atomic E-state index is 0.194. The molecule has 1 aliphatic rings. The highest BCUT2D eigenvalue weighted by molar-refractivity contribution is 5.15. The molecule has 4 heteroatoms. The van der Waals surface area contributed by atoms with Gasteiger partial charge >= 0.3 is 0 Å². The molecule has 18 heavy (non-hydrogen) atoms. The lowest BCUT2D eigenvalue weighted by Gasteiger charge is -2.20. The van der Waals surface area contributed by atoms with Gasteiger partial charge in [-0.25, -0.2) is 0 Å². The van der Waals surface area contributed by atoms with E-state index in [0.29, 0.717) is 6.04 Å². The smallest absolute Gasteiger partial charge is 0.231 e. The maximum Gasteiger partial charge on any atom is 0.231 e. The van der Waals surface area contributed by atoms with Crippen molar-refractivity contribution in [3.63, 3.8) is 0 Å². The van der Waals surface area contributed by atoms with Gasteiger partial charge in [0.25, 0.3) is 0 Å². The first-order chi connectivity index (χ1) is 8.60. The Balaban J connectivity index is 2.02. The molecular weight excluding hydrogens is 226 g/mol. The van der Waals surface area contributed by atoms with Gasteiger partial charge in [0.2, 0.25) is 5.89 Å². The molecule has 2 unspecified atom stereocenters. The maximum atomic E-state index is 5.45. The molecule has 0 saturated heterocycles. The second kappa shape index (κ2) is 5.39. The van der Waals surface area contributed by atoms with E-state index in [2.05, 4.69) is 43.2 Å². The van der Waals surface area contributed by atoms with Gasteiger partial charge in [-0.15, -0.1) is 0 Å². The summed E-state index contributed by atoms with van der Waals surface area (Å²) in [6, 6.07) is 0.422. The molecule has 1 aromatic rings. The molecule has 0 bridgehead atoms. The number of nitrogens with one attached hydrogen (secondary N) is 1. The summed E-state index contributed by atoms with van der Waals surface area (Å²) in [6.07, 6.45) is 4.60. The third-order valence-electron chi connectivity index (χ3n) is 4.07. The first-order valence-corrected chi connectivity index (χ1v) is 7.18. The van der Waals surface area contributed by atoms with E-state index in [1.165, 1.54) is 12.8 Å². The highest BCUT2D eigenvalue weighted by Crippen LogP contribution is 2.46. The molecule has 1 saturated carbocycles. The van der Waals surface area contributed by atoms with Gasteiger partial charge in [-0.1, -0.05) is 32.9 Å². The molecular formula is C14H25N3O. The maximum absolute atomic E-state index is 5.45. The molecule has 2 atom stereocenters. The van der Waals surface area contributed by atoms with E-state index < -0.39 is 0 Å². The van der Waals surface area contributed by atoms with Crippen molar-refractivity contribution >= 4 is 0 Å². The Morgan fingerprint density at radius 2 is 2.11 bits per heavy atom. The van der Waals surface area contributed by atoms with E-state index in [1.54, 1.807) is 0 Å². The summed E-state index contributed by atoms with van der Waals surface area (Å²) >= 11 is 0. The van der Waals surface area contributed by atoms with Crippen molar-refractivity contribution in [2.24, 2.45) is 0 Å². The monoisotopic (exact) mass is 251 g/mol. The Bertz CT molecular complexity index is 384. The molecule has 102 valence electrons. The van der Waals surface area contributed by atoms with Crippen LogP contribution in [0.25, 0.3) is 0 Å². The van der Waals surface area contributed by atoms with E-state index in [1.807, 2.05) is 0 Å². The molecule has 0 spiro atoms. The quantitative estimate of drug-likeness (QED) is 0.809. The number of hydrogen-bond donors (Lipinski definition) is 1. The van der Waals surface area contributed by atoms with E-state index in [9.17, 15) is 0 Å². The van der Waals surface area contributed by atoms with E-state index >= 15 is 0 Å². The molecule has 1 aliphatic carbocycles. The van der Waals surface area contributed by atoms with Crippen molar-refractivity contribution in [3.8, 4) is 0 Å². The van der Waals surface area contributed by atoms with Gasteiger partial charge in [0.15, 0.2) is 5.82 Å². The highest BCUT2D eigenvalue weighted by Gasteiger charge is 2.44. The summed E-state index contributed by atoms with van der Waals surface area (Å²) in [4.78, 5) is 4.60. The minimum absolute atomic E-state index is 0.194. The predicted octanol–water partition coefficient (Wildman–Crippen LogP) is 3.00. The molecule has 0 amide bonds. The summed E-state index contributed by atoms with van der Waals surface area (Å²) in [5, 5.41) is 7.71. The fraction of sp³-hybridized carbons (Fsp3) is 0.857. The van der Waals surface area contributed by atoms with Gasteiger partial charge in [-0.3, -0.25) is 0 Å². The molecule has 0 radical (unpaired) electrons. The summed E-state index contributed by atoms with van der Waals surface area (Å²) in [6.45, 7) is 9.80. The molecule has 0 aromatic carbocycles. The highest BCUT2D eigenvalue weighted by atomic mass is 16.5. The Kier molecular flexibility index (Phi) is 4.05. The van der Waals surface area contributed by atoms with Crippen LogP contribution in [0.4, 0.5) is 0 Å². The molecule has 1 N–H and O–H groups in total. The Hall–Kier alpha value is -0.900. The zero-order chi connectivity index (χ0) is 13.2. The van der Waals surface area contributed by atoms with Crippen LogP contribution in [0.3, 0.4) is 0 Å². The fourth-order valence-electron chi connectivity index (χ4n) is 2.25. The molecule has 0 aliphatic heterocycles. The van der Waals surface area contributed by atoms with E-state index in [0.717, 1.165) is 31.1 Å². The zero-order valence-corrected chi connectivity index (χ0v) is 12.0. The zero-order valence-electron chi connectivity index (χ0n) is 12.0. The van der Waals surface area contributed by atoms with Gasteiger partial charge in [0.05, 0.1) is 5.92 Å². The third kappa shape index (κ3) is 2.74. The predicted molar refractivity (Wildman–Crippen MR) is 71.7 cm³/mol. The van der Waals surface area contributed by atoms with Crippen molar-refractivity contribution in [2.75, 3.05) is 6.54 Å². The van der Waals surface area contributed by atoms with Crippen molar-refractivity contribution in [1.29, 1.82) is 0 Å². The Morgan fingerprint density at radius 3 is 2.67 bits per heavy atom. The minimum Gasteiger partial charge on any atom is -0.339 e. The average molecular weight is 251 g/mol. The largest absolute Gasteiger partial charge is 0.339 e. The Labute approximate surface area is 110 Å². The van der Waals surface area contributed by atoms with Crippen LogP contribution in [0, 0.1) is 0 Å². The van der Waals surface area contributed by atoms with Crippen molar-refractivity contribution in [3.05, 3.63) is 11.7 Å². The number of hydrogen-bond acceptors (Lipinski definition) is 4. The van der Waals surface area contributed by atoms with Crippen LogP contribution in [-0.2, 0) is 5.41 Å². The van der Waals surface area contributed by atoms with Crippen LogP contribution in [0.1, 0.15) is 71.0 Å². The van der Waals surface area contributed by atoms with E-state index in [4.69, 9.17) is 4.52 Å². The third-order valence-corrected chi connectivity index (χ3v) is 4.07. The molecule has 1 fully saturated rings. The van der Waals surface area contributed by atoms with Gasteiger partial charge in [0, 0.05) is 11.5 Å². The molecule has 4 nitrogen and oxygen atoms in total. The lowest BCUT2D eigenvalue weighted by atomic mass is 9.99. The molecule has 1 heterocycles. The fourth-order valence-corrected chi connectivity index (χ4v) is 2.25. The normalized spacial score (nSPS) is 20.7. The van der Waals surface area contributed by atoms with E-state index in [-0.39, 0.29) is 11.3 Å². The number of nitrogens with zero attached hydrogens (tertiary/aromatic N) is 2. The van der Waals surface area contributed by atoms with Gasteiger partial charge in [-0.2, -0.15) is 4.98 Å². The van der Waals surface area contributed by atoms with Crippen LogP contribution in [0.2, 0.25) is 0 Å². The number of aromatic nitrogens is 2. The first kappa shape index (κ1) is 13.5. The molecule has 1 aromatic heterocycles. The second-order valence-electron chi connectivity index (χ2n) is 5.77. The summed E-state index contributed by atoms with van der Waals surface area (Å²) in [5.41, 5.74) is 0.194. The summed E-state index contributed by atoms with van der Waals surface area (Å²) in [7, 11) is 0. The lowest BCUT2D eigenvalue weighted by Crippen LogP contribution is -2.33. The summed E-state index contributed by atoms with van der Waals surface area (Å²) in [5.74, 6) is 1.97. The van der Waals surface area contributed by atoms with Crippen LogP contribution < -0.4 is 5.32 Å². The van der Waals surface area contributed by atoms with Gasteiger partial charge < -0.3 is 9.84 Å². The van der Waals surface area contributed by atoms with Crippen molar-refractivity contribution in [1.82, 2.24) is 15.5 Å². The topological polar surface area (TPSA) is 51.0 Å². The van der Waals surface area contributed by atoms with Gasteiger partial charge in [-0.05, 0) is 32.2 Å². The standard InChI is InChI=1S/C14H25N3O/c1-5-9-15-11(6-2)10(3)12-16-13(17-18-12)14(4)7-8-14/h10-11,15H,5-9H2,1-4H3. The van der Waals surface area contributed by atoms with Crippen molar-refractivity contribution < 1.29 is 4.52 Å².